The Kier molecular flexibility index (Phi) is 12.4. The first-order valence-corrected chi connectivity index (χ1v) is 12.6. The lowest BCUT2D eigenvalue weighted by Gasteiger charge is -2.26. The lowest BCUT2D eigenvalue weighted by atomic mass is 9.79. The van der Waals surface area contributed by atoms with Crippen LogP contribution in [0.25, 0.3) is 0 Å². The van der Waals surface area contributed by atoms with Crippen molar-refractivity contribution in [2.75, 3.05) is 0 Å². The first-order chi connectivity index (χ1) is 17.4. The van der Waals surface area contributed by atoms with Crippen LogP contribution in [0.4, 0.5) is 8.78 Å². The van der Waals surface area contributed by atoms with Gasteiger partial charge in [0.05, 0.1) is 0 Å². The summed E-state index contributed by atoms with van der Waals surface area (Å²) in [5.41, 5.74) is 3.45. The number of hydrogen-bond acceptors (Lipinski definition) is 1. The number of allylic oxidation sites excluding steroid dienone is 14. The highest BCUT2D eigenvalue weighted by Crippen LogP contribution is 2.33. The van der Waals surface area contributed by atoms with Crippen molar-refractivity contribution in [1.29, 1.82) is 5.26 Å². The van der Waals surface area contributed by atoms with Gasteiger partial charge in [-0.05, 0) is 73.1 Å². The van der Waals surface area contributed by atoms with Crippen LogP contribution < -0.4 is 0 Å². The molecule has 1 aliphatic carbocycles. The van der Waals surface area contributed by atoms with E-state index in [1.165, 1.54) is 23.3 Å². The Bertz CT molecular complexity index is 1120. The average Bonchev–Trinajstić information content (AvgIpc) is 2.89. The van der Waals surface area contributed by atoms with E-state index >= 15 is 0 Å². The smallest absolute Gasteiger partial charge is 0.143 e. The number of benzene rings is 1. The van der Waals surface area contributed by atoms with Crippen LogP contribution in [0.1, 0.15) is 57.9 Å². The molecule has 1 unspecified atom stereocenters. The second-order valence-corrected chi connectivity index (χ2v) is 9.19. The SMILES string of the molecule is C=C/C=C(\C=C/CCCC1=C[C@H](C)C(C[C@H](C)c2ccccc2)C=C1)C(/C=C(F)\C(C#N)=C\F)=C/C. The van der Waals surface area contributed by atoms with E-state index in [-0.39, 0.29) is 6.33 Å². The fraction of sp³-hybridized carbons (Fsp3) is 0.303. The van der Waals surface area contributed by atoms with Crippen LogP contribution in [-0.4, -0.2) is 0 Å². The van der Waals surface area contributed by atoms with Crippen LogP contribution in [0.15, 0.2) is 126 Å². The van der Waals surface area contributed by atoms with Crippen molar-refractivity contribution in [2.24, 2.45) is 11.8 Å². The maximum absolute atomic E-state index is 14.2. The highest BCUT2D eigenvalue weighted by atomic mass is 19.1. The predicted octanol–water partition coefficient (Wildman–Crippen LogP) is 9.94. The lowest BCUT2D eigenvalue weighted by molar-refractivity contribution is 0.434. The highest BCUT2D eigenvalue weighted by Gasteiger charge is 2.20. The minimum Gasteiger partial charge on any atom is -0.214 e. The second-order valence-electron chi connectivity index (χ2n) is 9.19. The first-order valence-electron chi connectivity index (χ1n) is 12.6. The summed E-state index contributed by atoms with van der Waals surface area (Å²) in [5, 5.41) is 8.84. The molecule has 0 amide bonds. The Morgan fingerprint density at radius 1 is 1.22 bits per heavy atom. The van der Waals surface area contributed by atoms with Gasteiger partial charge in [0.15, 0.2) is 0 Å². The molecule has 3 atom stereocenters. The van der Waals surface area contributed by atoms with Gasteiger partial charge in [0, 0.05) is 0 Å². The summed E-state index contributed by atoms with van der Waals surface area (Å²) in [6.45, 7) is 10.1. The molecular weight excluding hydrogens is 448 g/mol. The molecule has 0 bridgehead atoms. The van der Waals surface area contributed by atoms with E-state index in [9.17, 15) is 8.78 Å². The second kappa shape index (κ2) is 15.5. The summed E-state index contributed by atoms with van der Waals surface area (Å²) in [6.07, 6.45) is 21.3. The number of nitrogens with zero attached hydrogens (tertiary/aromatic N) is 1. The van der Waals surface area contributed by atoms with Crippen LogP contribution >= 0.6 is 0 Å². The number of nitriles is 1. The molecule has 188 valence electrons. The number of rotatable bonds is 12. The maximum Gasteiger partial charge on any atom is 0.143 e. The van der Waals surface area contributed by atoms with Crippen molar-refractivity contribution in [2.45, 2.75) is 52.4 Å². The topological polar surface area (TPSA) is 23.8 Å². The van der Waals surface area contributed by atoms with Gasteiger partial charge in [0.25, 0.3) is 0 Å². The molecule has 1 aromatic carbocycles. The molecule has 0 saturated carbocycles. The van der Waals surface area contributed by atoms with Gasteiger partial charge in [-0.2, -0.15) is 5.26 Å². The molecule has 0 saturated heterocycles. The summed E-state index contributed by atoms with van der Waals surface area (Å²) in [4.78, 5) is 0. The maximum atomic E-state index is 14.2. The third-order valence-corrected chi connectivity index (χ3v) is 6.55. The predicted molar refractivity (Wildman–Crippen MR) is 148 cm³/mol. The summed E-state index contributed by atoms with van der Waals surface area (Å²) < 4.78 is 26.9. The molecule has 1 aliphatic rings. The van der Waals surface area contributed by atoms with E-state index in [1.54, 1.807) is 25.2 Å². The molecule has 0 N–H and O–H groups in total. The van der Waals surface area contributed by atoms with Crippen LogP contribution in [-0.2, 0) is 0 Å². The van der Waals surface area contributed by atoms with Gasteiger partial charge in [0.2, 0.25) is 0 Å². The summed E-state index contributed by atoms with van der Waals surface area (Å²) in [6, 6.07) is 12.2. The zero-order chi connectivity index (χ0) is 26.3. The minimum absolute atomic E-state index is 0.0207. The Morgan fingerprint density at radius 3 is 2.58 bits per heavy atom. The van der Waals surface area contributed by atoms with Crippen LogP contribution in [0, 0.1) is 23.2 Å². The molecule has 0 radical (unpaired) electrons. The molecule has 3 heteroatoms. The molecule has 0 heterocycles. The van der Waals surface area contributed by atoms with E-state index < -0.39 is 11.4 Å². The number of halogens is 2. The van der Waals surface area contributed by atoms with E-state index in [0.29, 0.717) is 23.3 Å². The van der Waals surface area contributed by atoms with Crippen molar-refractivity contribution >= 4 is 0 Å². The highest BCUT2D eigenvalue weighted by molar-refractivity contribution is 5.51. The molecule has 1 aromatic rings. The van der Waals surface area contributed by atoms with E-state index in [2.05, 4.69) is 75.1 Å². The Labute approximate surface area is 215 Å². The van der Waals surface area contributed by atoms with Gasteiger partial charge in [-0.1, -0.05) is 105 Å². The van der Waals surface area contributed by atoms with Gasteiger partial charge in [-0.25, -0.2) is 8.78 Å². The Morgan fingerprint density at radius 2 is 1.97 bits per heavy atom. The fourth-order valence-electron chi connectivity index (χ4n) is 4.41. The zero-order valence-corrected chi connectivity index (χ0v) is 21.6. The van der Waals surface area contributed by atoms with Gasteiger partial charge >= 0.3 is 0 Å². The van der Waals surface area contributed by atoms with Crippen molar-refractivity contribution < 1.29 is 8.78 Å². The molecule has 36 heavy (non-hydrogen) atoms. The molecule has 0 spiro atoms. The monoisotopic (exact) mass is 485 g/mol. The minimum atomic E-state index is -0.905. The fourth-order valence-corrected chi connectivity index (χ4v) is 4.41. The average molecular weight is 486 g/mol. The number of unbranched alkanes of at least 4 members (excludes halogenated alkanes) is 1. The molecular formula is C33H37F2N. The lowest BCUT2D eigenvalue weighted by Crippen LogP contribution is -2.14. The zero-order valence-electron chi connectivity index (χ0n) is 21.6. The van der Waals surface area contributed by atoms with Crippen LogP contribution in [0.2, 0.25) is 0 Å². The van der Waals surface area contributed by atoms with Gasteiger partial charge in [0.1, 0.15) is 23.8 Å². The van der Waals surface area contributed by atoms with E-state index in [4.69, 9.17) is 5.26 Å². The molecule has 0 aliphatic heterocycles. The van der Waals surface area contributed by atoms with Crippen LogP contribution in [0.3, 0.4) is 0 Å². The summed E-state index contributed by atoms with van der Waals surface area (Å²) in [7, 11) is 0. The molecule has 0 fully saturated rings. The quantitative estimate of drug-likeness (QED) is 0.164. The van der Waals surface area contributed by atoms with Crippen LogP contribution in [0.5, 0.6) is 0 Å². The van der Waals surface area contributed by atoms with Gasteiger partial charge < -0.3 is 0 Å². The van der Waals surface area contributed by atoms with Crippen molar-refractivity contribution in [3.8, 4) is 6.07 Å². The van der Waals surface area contributed by atoms with E-state index in [1.807, 2.05) is 6.08 Å². The normalized spacial score (nSPS) is 20.3. The summed E-state index contributed by atoms with van der Waals surface area (Å²) in [5.74, 6) is 0.700. The van der Waals surface area contributed by atoms with Crippen molar-refractivity contribution in [3.05, 3.63) is 132 Å². The van der Waals surface area contributed by atoms with Crippen molar-refractivity contribution in [1.82, 2.24) is 0 Å². The molecule has 2 rings (SSSR count). The third kappa shape index (κ3) is 8.93. The Hall–Kier alpha value is -3.51. The third-order valence-electron chi connectivity index (χ3n) is 6.55. The number of hydrogen-bond donors (Lipinski definition) is 0. The van der Waals surface area contributed by atoms with Crippen molar-refractivity contribution in [3.63, 3.8) is 0 Å². The largest absolute Gasteiger partial charge is 0.214 e. The molecule has 0 aromatic heterocycles. The van der Waals surface area contributed by atoms with Gasteiger partial charge in [-0.3, -0.25) is 0 Å². The summed E-state index contributed by atoms with van der Waals surface area (Å²) >= 11 is 0. The first kappa shape index (κ1) is 28.7. The molecule has 1 nitrogen and oxygen atoms in total. The van der Waals surface area contributed by atoms with E-state index in [0.717, 1.165) is 31.3 Å². The Balaban J connectivity index is 1.90. The van der Waals surface area contributed by atoms with Gasteiger partial charge in [-0.15, -0.1) is 0 Å². The standard InChI is InChI=1S/C33H37F2N/c1-5-13-30(28(6-2)22-33(35)32(23-34)24-36)17-12-7-9-14-27-18-19-31(25(3)20-27)21-26(4)29-15-10-8-11-16-29/h5-6,8,10-13,15-20,22-23,25-26,31H,1,7,9,14,21H2,2-4H3/b17-12-,28-6+,30-13+,32-23+,33-22+/t25-,26-,31?/m0/s1.